The van der Waals surface area contributed by atoms with Crippen LogP contribution >= 0.6 is 0 Å². The third kappa shape index (κ3) is 2.45. The molecule has 0 aromatic rings. The smallest absolute Gasteiger partial charge is 0.223 e. The van der Waals surface area contributed by atoms with Crippen molar-refractivity contribution in [3.8, 4) is 6.07 Å². The lowest BCUT2D eigenvalue weighted by atomic mass is 10.1. The molecule has 0 aromatic heterocycles. The summed E-state index contributed by atoms with van der Waals surface area (Å²) in [4.78, 5) is 13.3. The van der Waals surface area contributed by atoms with Crippen molar-refractivity contribution < 1.29 is 4.79 Å². The molecule has 0 saturated carbocycles. The summed E-state index contributed by atoms with van der Waals surface area (Å²) >= 11 is 0. The molecule has 72 valence electrons. The molecule has 1 fully saturated rings. The monoisotopic (exact) mass is 180 g/mol. The van der Waals surface area contributed by atoms with Gasteiger partial charge in [-0.3, -0.25) is 4.79 Å². The molecule has 1 aliphatic heterocycles. The van der Waals surface area contributed by atoms with Crippen LogP contribution in [0.1, 0.15) is 33.1 Å². The Kier molecular flexibility index (Phi) is 3.30. The molecule has 1 aliphatic rings. The topological polar surface area (TPSA) is 44.1 Å². The number of hydrogen-bond donors (Lipinski definition) is 0. The van der Waals surface area contributed by atoms with Crippen LogP contribution in [0.15, 0.2) is 0 Å². The van der Waals surface area contributed by atoms with Gasteiger partial charge in [-0.05, 0) is 18.8 Å². The summed E-state index contributed by atoms with van der Waals surface area (Å²) in [5.74, 6) is 0.520. The van der Waals surface area contributed by atoms with Gasteiger partial charge in [-0.1, -0.05) is 13.8 Å². The second kappa shape index (κ2) is 4.27. The molecule has 1 atom stereocenters. The first-order chi connectivity index (χ1) is 6.15. The van der Waals surface area contributed by atoms with Gasteiger partial charge in [0.1, 0.15) is 6.04 Å². The molecular weight excluding hydrogens is 164 g/mol. The number of hydrogen-bond acceptors (Lipinski definition) is 2. The molecule has 0 aliphatic carbocycles. The maximum absolute atomic E-state index is 11.6. The van der Waals surface area contributed by atoms with E-state index in [4.69, 9.17) is 5.26 Å². The molecule has 1 rings (SSSR count). The number of rotatable bonds is 2. The number of amides is 1. The first-order valence-corrected chi connectivity index (χ1v) is 4.84. The van der Waals surface area contributed by atoms with E-state index >= 15 is 0 Å². The van der Waals surface area contributed by atoms with E-state index in [2.05, 4.69) is 6.07 Å². The Labute approximate surface area is 79.3 Å². The molecule has 0 unspecified atom stereocenters. The molecular formula is C10H16N2O. The van der Waals surface area contributed by atoms with E-state index in [0.717, 1.165) is 19.4 Å². The van der Waals surface area contributed by atoms with Crippen molar-refractivity contribution in [2.75, 3.05) is 6.54 Å². The summed E-state index contributed by atoms with van der Waals surface area (Å²) in [6.45, 7) is 4.81. The molecule has 3 heteroatoms. The number of carbonyl (C=O) groups is 1. The zero-order chi connectivity index (χ0) is 9.84. The number of carbonyl (C=O) groups excluding carboxylic acids is 1. The Hall–Kier alpha value is -1.04. The van der Waals surface area contributed by atoms with Gasteiger partial charge in [-0.25, -0.2) is 0 Å². The molecule has 1 amide bonds. The Morgan fingerprint density at radius 3 is 2.92 bits per heavy atom. The van der Waals surface area contributed by atoms with Crippen LogP contribution in [0, 0.1) is 17.2 Å². The molecule has 1 saturated heterocycles. The van der Waals surface area contributed by atoms with Crippen molar-refractivity contribution in [2.24, 2.45) is 5.92 Å². The number of nitriles is 1. The van der Waals surface area contributed by atoms with Crippen molar-refractivity contribution in [1.29, 1.82) is 5.26 Å². The molecule has 3 nitrogen and oxygen atoms in total. The molecule has 0 bridgehead atoms. The SMILES string of the molecule is CC(C)CC(=O)N1CCC[C@H]1C#N. The summed E-state index contributed by atoms with van der Waals surface area (Å²) in [5, 5.41) is 8.78. The van der Waals surface area contributed by atoms with E-state index in [1.807, 2.05) is 13.8 Å². The fourth-order valence-corrected chi connectivity index (χ4v) is 1.67. The van der Waals surface area contributed by atoms with Gasteiger partial charge in [0.2, 0.25) is 5.91 Å². The van der Waals surface area contributed by atoms with Crippen LogP contribution in [0.3, 0.4) is 0 Å². The van der Waals surface area contributed by atoms with E-state index in [9.17, 15) is 4.79 Å². The fourth-order valence-electron chi connectivity index (χ4n) is 1.67. The first kappa shape index (κ1) is 10.0. The largest absolute Gasteiger partial charge is 0.327 e. The van der Waals surface area contributed by atoms with Crippen molar-refractivity contribution >= 4 is 5.91 Å². The van der Waals surface area contributed by atoms with Gasteiger partial charge < -0.3 is 4.90 Å². The second-order valence-electron chi connectivity index (χ2n) is 3.97. The highest BCUT2D eigenvalue weighted by atomic mass is 16.2. The van der Waals surface area contributed by atoms with Gasteiger partial charge in [-0.2, -0.15) is 5.26 Å². The average Bonchev–Trinajstić information content (AvgIpc) is 2.49. The highest BCUT2D eigenvalue weighted by Gasteiger charge is 2.28. The van der Waals surface area contributed by atoms with Gasteiger partial charge in [-0.15, -0.1) is 0 Å². The molecule has 0 spiro atoms. The van der Waals surface area contributed by atoms with Crippen molar-refractivity contribution in [2.45, 2.75) is 39.2 Å². The molecule has 0 N–H and O–H groups in total. The standard InChI is InChI=1S/C10H16N2O/c1-8(2)6-10(13)12-5-3-4-9(12)7-11/h8-9H,3-6H2,1-2H3/t9-/m0/s1. The van der Waals surface area contributed by atoms with Crippen LogP contribution in [0.25, 0.3) is 0 Å². The fraction of sp³-hybridized carbons (Fsp3) is 0.800. The predicted molar refractivity (Wildman–Crippen MR) is 49.8 cm³/mol. The lowest BCUT2D eigenvalue weighted by Gasteiger charge is -2.20. The first-order valence-electron chi connectivity index (χ1n) is 4.84. The highest BCUT2D eigenvalue weighted by Crippen LogP contribution is 2.18. The van der Waals surface area contributed by atoms with Crippen LogP contribution in [-0.4, -0.2) is 23.4 Å². The van der Waals surface area contributed by atoms with Gasteiger partial charge in [0.05, 0.1) is 6.07 Å². The lowest BCUT2D eigenvalue weighted by Crippen LogP contribution is -2.35. The normalized spacial score (nSPS) is 22.0. The third-order valence-corrected chi connectivity index (χ3v) is 2.31. The minimum absolute atomic E-state index is 0.138. The summed E-state index contributed by atoms with van der Waals surface area (Å²) in [7, 11) is 0. The minimum atomic E-state index is -0.161. The summed E-state index contributed by atoms with van der Waals surface area (Å²) in [6.07, 6.45) is 2.39. The van der Waals surface area contributed by atoms with Crippen LogP contribution < -0.4 is 0 Å². The van der Waals surface area contributed by atoms with E-state index in [1.165, 1.54) is 0 Å². The van der Waals surface area contributed by atoms with E-state index in [0.29, 0.717) is 12.3 Å². The maximum atomic E-state index is 11.6. The zero-order valence-electron chi connectivity index (χ0n) is 8.29. The Bertz CT molecular complexity index is 230. The zero-order valence-corrected chi connectivity index (χ0v) is 8.29. The minimum Gasteiger partial charge on any atom is -0.327 e. The maximum Gasteiger partial charge on any atom is 0.223 e. The van der Waals surface area contributed by atoms with Crippen LogP contribution in [0.2, 0.25) is 0 Å². The van der Waals surface area contributed by atoms with Crippen LogP contribution in [-0.2, 0) is 4.79 Å². The van der Waals surface area contributed by atoms with E-state index in [-0.39, 0.29) is 11.9 Å². The lowest BCUT2D eigenvalue weighted by molar-refractivity contribution is -0.131. The molecule has 0 aromatic carbocycles. The van der Waals surface area contributed by atoms with Gasteiger partial charge in [0.15, 0.2) is 0 Å². The van der Waals surface area contributed by atoms with Gasteiger partial charge in [0, 0.05) is 13.0 Å². The third-order valence-electron chi connectivity index (χ3n) is 2.31. The van der Waals surface area contributed by atoms with Crippen LogP contribution in [0.5, 0.6) is 0 Å². The van der Waals surface area contributed by atoms with Crippen LogP contribution in [0.4, 0.5) is 0 Å². The van der Waals surface area contributed by atoms with E-state index < -0.39 is 0 Å². The molecule has 13 heavy (non-hydrogen) atoms. The number of nitrogens with zero attached hydrogens (tertiary/aromatic N) is 2. The van der Waals surface area contributed by atoms with Crippen molar-refractivity contribution in [3.63, 3.8) is 0 Å². The second-order valence-corrected chi connectivity index (χ2v) is 3.97. The highest BCUT2D eigenvalue weighted by molar-refractivity contribution is 5.77. The average molecular weight is 180 g/mol. The van der Waals surface area contributed by atoms with E-state index in [1.54, 1.807) is 4.90 Å². The molecule has 0 radical (unpaired) electrons. The quantitative estimate of drug-likeness (QED) is 0.647. The Morgan fingerprint density at radius 1 is 1.69 bits per heavy atom. The van der Waals surface area contributed by atoms with Gasteiger partial charge in [0.25, 0.3) is 0 Å². The van der Waals surface area contributed by atoms with Crippen molar-refractivity contribution in [3.05, 3.63) is 0 Å². The summed E-state index contributed by atoms with van der Waals surface area (Å²) in [5.41, 5.74) is 0. The number of likely N-dealkylation sites (tertiary alicyclic amines) is 1. The summed E-state index contributed by atoms with van der Waals surface area (Å²) in [6, 6.07) is 2.01. The molecule has 1 heterocycles. The van der Waals surface area contributed by atoms with Gasteiger partial charge >= 0.3 is 0 Å². The van der Waals surface area contributed by atoms with Crippen molar-refractivity contribution in [1.82, 2.24) is 4.90 Å². The predicted octanol–water partition coefficient (Wildman–Crippen LogP) is 1.55. The summed E-state index contributed by atoms with van der Waals surface area (Å²) < 4.78 is 0. The Morgan fingerprint density at radius 2 is 2.38 bits per heavy atom. The Balaban J connectivity index is 2.51.